The van der Waals surface area contributed by atoms with E-state index in [1.165, 1.54) is 23.7 Å². The van der Waals surface area contributed by atoms with Gasteiger partial charge in [-0.3, -0.25) is 0 Å². The number of fused-ring (bicyclic) bond motifs is 3. The summed E-state index contributed by atoms with van der Waals surface area (Å²) in [4.78, 5) is 0. The molecular weight excluding hydrogens is 108 g/mol. The van der Waals surface area contributed by atoms with Gasteiger partial charge in [0.2, 0.25) is 0 Å². The SMILES string of the molecule is CC1C2CC2C2C(C)C12. The van der Waals surface area contributed by atoms with Gasteiger partial charge >= 0.3 is 0 Å². The third kappa shape index (κ3) is 0.367. The average molecular weight is 122 g/mol. The summed E-state index contributed by atoms with van der Waals surface area (Å²) in [7, 11) is 0. The standard InChI is InChI=1S/C9H14/c1-4-6-3-7(6)9-5(2)8(4)9/h4-9H,3H2,1-2H3. The zero-order valence-electron chi connectivity index (χ0n) is 6.17. The molecule has 0 bridgehead atoms. The van der Waals surface area contributed by atoms with E-state index in [4.69, 9.17) is 0 Å². The van der Waals surface area contributed by atoms with Gasteiger partial charge in [-0.25, -0.2) is 0 Å². The van der Waals surface area contributed by atoms with Crippen molar-refractivity contribution in [1.82, 2.24) is 0 Å². The van der Waals surface area contributed by atoms with Crippen molar-refractivity contribution in [3.8, 4) is 0 Å². The monoisotopic (exact) mass is 122 g/mol. The van der Waals surface area contributed by atoms with Crippen LogP contribution in [0.2, 0.25) is 0 Å². The van der Waals surface area contributed by atoms with Crippen molar-refractivity contribution in [2.75, 3.05) is 0 Å². The van der Waals surface area contributed by atoms with Crippen LogP contribution in [0.4, 0.5) is 0 Å². The maximum atomic E-state index is 2.47. The van der Waals surface area contributed by atoms with E-state index in [9.17, 15) is 0 Å². The maximum absolute atomic E-state index is 2.47. The summed E-state index contributed by atoms with van der Waals surface area (Å²) in [6, 6.07) is 0. The molecule has 0 heteroatoms. The van der Waals surface area contributed by atoms with Crippen molar-refractivity contribution in [3.63, 3.8) is 0 Å². The first kappa shape index (κ1) is 4.76. The topological polar surface area (TPSA) is 0 Å². The van der Waals surface area contributed by atoms with Gasteiger partial charge < -0.3 is 0 Å². The molecule has 3 aliphatic rings. The molecule has 6 atom stereocenters. The number of rotatable bonds is 0. The van der Waals surface area contributed by atoms with Crippen molar-refractivity contribution in [1.29, 1.82) is 0 Å². The molecule has 0 amide bonds. The fourth-order valence-corrected chi connectivity index (χ4v) is 3.60. The lowest BCUT2D eigenvalue weighted by Gasteiger charge is -2.04. The quantitative estimate of drug-likeness (QED) is 0.462. The molecule has 0 spiro atoms. The van der Waals surface area contributed by atoms with E-state index in [2.05, 4.69) is 13.8 Å². The van der Waals surface area contributed by atoms with Crippen LogP contribution in [0.5, 0.6) is 0 Å². The van der Waals surface area contributed by atoms with E-state index in [0.717, 1.165) is 11.8 Å². The van der Waals surface area contributed by atoms with Crippen molar-refractivity contribution in [2.45, 2.75) is 20.3 Å². The summed E-state index contributed by atoms with van der Waals surface area (Å²) in [5, 5.41) is 0. The van der Waals surface area contributed by atoms with Gasteiger partial charge in [0, 0.05) is 0 Å². The molecule has 0 aliphatic heterocycles. The predicted molar refractivity (Wildman–Crippen MR) is 36.9 cm³/mol. The Morgan fingerprint density at radius 2 is 1.67 bits per heavy atom. The first-order valence-corrected chi connectivity index (χ1v) is 4.30. The molecule has 3 saturated carbocycles. The third-order valence-electron chi connectivity index (χ3n) is 4.19. The van der Waals surface area contributed by atoms with Crippen LogP contribution in [0.3, 0.4) is 0 Å². The minimum Gasteiger partial charge on any atom is -0.0619 e. The average Bonchev–Trinajstić information content (AvgIpc) is 2.60. The number of hydrogen-bond donors (Lipinski definition) is 0. The predicted octanol–water partition coefficient (Wildman–Crippen LogP) is 2.15. The molecule has 0 aromatic heterocycles. The maximum Gasteiger partial charge on any atom is -0.0321 e. The van der Waals surface area contributed by atoms with Gasteiger partial charge in [-0.15, -0.1) is 0 Å². The lowest BCUT2D eigenvalue weighted by Crippen LogP contribution is -1.98. The van der Waals surface area contributed by atoms with Crippen LogP contribution < -0.4 is 0 Å². The molecule has 0 radical (unpaired) electrons. The Kier molecular flexibility index (Phi) is 0.574. The van der Waals surface area contributed by atoms with Gasteiger partial charge in [-0.05, 0) is 41.9 Å². The van der Waals surface area contributed by atoms with Crippen molar-refractivity contribution < 1.29 is 0 Å². The first-order valence-electron chi connectivity index (χ1n) is 4.30. The van der Waals surface area contributed by atoms with Crippen molar-refractivity contribution in [2.24, 2.45) is 35.5 Å². The molecule has 3 aliphatic carbocycles. The molecule has 0 N–H and O–H groups in total. The van der Waals surface area contributed by atoms with Crippen LogP contribution in [0.25, 0.3) is 0 Å². The molecule has 0 nitrogen and oxygen atoms in total. The zero-order chi connectivity index (χ0) is 6.17. The summed E-state index contributed by atoms with van der Waals surface area (Å²) in [6.45, 7) is 4.92. The summed E-state index contributed by atoms with van der Waals surface area (Å²) in [6.07, 6.45) is 1.59. The smallest absolute Gasteiger partial charge is 0.0321 e. The van der Waals surface area contributed by atoms with Gasteiger partial charge in [-0.2, -0.15) is 0 Å². The molecule has 0 heterocycles. The highest BCUT2D eigenvalue weighted by molar-refractivity contribution is 5.17. The van der Waals surface area contributed by atoms with Gasteiger partial charge in [0.15, 0.2) is 0 Å². The van der Waals surface area contributed by atoms with Gasteiger partial charge in [0.05, 0.1) is 0 Å². The summed E-state index contributed by atoms with van der Waals surface area (Å²) < 4.78 is 0. The largest absolute Gasteiger partial charge is 0.0619 e. The van der Waals surface area contributed by atoms with Crippen LogP contribution in [-0.4, -0.2) is 0 Å². The summed E-state index contributed by atoms with van der Waals surface area (Å²) >= 11 is 0. The second-order valence-electron chi connectivity index (χ2n) is 4.44. The second-order valence-corrected chi connectivity index (χ2v) is 4.44. The molecular formula is C9H14. The number of hydrogen-bond acceptors (Lipinski definition) is 0. The van der Waals surface area contributed by atoms with Crippen LogP contribution in [0.15, 0.2) is 0 Å². The Hall–Kier alpha value is 0. The Labute approximate surface area is 56.6 Å². The fourth-order valence-electron chi connectivity index (χ4n) is 3.60. The lowest BCUT2D eigenvalue weighted by atomic mass is 10.0. The van der Waals surface area contributed by atoms with Gasteiger partial charge in [0.1, 0.15) is 0 Å². The third-order valence-corrected chi connectivity index (χ3v) is 4.19. The first-order chi connectivity index (χ1) is 4.30. The summed E-state index contributed by atoms with van der Waals surface area (Å²) in [5.74, 6) is 6.99. The Morgan fingerprint density at radius 3 is 2.11 bits per heavy atom. The lowest BCUT2D eigenvalue weighted by molar-refractivity contribution is 0.443. The molecule has 3 rings (SSSR count). The Bertz CT molecular complexity index is 155. The van der Waals surface area contributed by atoms with Crippen LogP contribution >= 0.6 is 0 Å². The highest BCUT2D eigenvalue weighted by Gasteiger charge is 2.69. The Balaban J connectivity index is 1.94. The highest BCUT2D eigenvalue weighted by Crippen LogP contribution is 2.74. The minimum atomic E-state index is 1.11. The molecule has 6 unspecified atom stereocenters. The molecule has 3 fully saturated rings. The molecule has 50 valence electrons. The van der Waals surface area contributed by atoms with Crippen LogP contribution in [0.1, 0.15) is 20.3 Å². The normalized spacial score (nSPS) is 75.3. The second kappa shape index (κ2) is 1.09. The van der Waals surface area contributed by atoms with E-state index in [1.807, 2.05) is 0 Å². The van der Waals surface area contributed by atoms with Gasteiger partial charge in [-0.1, -0.05) is 13.8 Å². The minimum absolute atomic E-state index is 1.11. The van der Waals surface area contributed by atoms with E-state index in [1.54, 1.807) is 6.42 Å². The molecule has 0 saturated heterocycles. The Morgan fingerprint density at radius 1 is 0.889 bits per heavy atom. The molecule has 9 heavy (non-hydrogen) atoms. The van der Waals surface area contributed by atoms with E-state index in [0.29, 0.717) is 0 Å². The van der Waals surface area contributed by atoms with Crippen molar-refractivity contribution >= 4 is 0 Å². The van der Waals surface area contributed by atoms with Crippen molar-refractivity contribution in [3.05, 3.63) is 0 Å². The zero-order valence-corrected chi connectivity index (χ0v) is 6.17. The summed E-state index contributed by atoms with van der Waals surface area (Å²) in [5.41, 5.74) is 0. The van der Waals surface area contributed by atoms with E-state index < -0.39 is 0 Å². The fraction of sp³-hybridized carbons (Fsp3) is 1.00. The van der Waals surface area contributed by atoms with Crippen LogP contribution in [-0.2, 0) is 0 Å². The van der Waals surface area contributed by atoms with Crippen LogP contribution in [0, 0.1) is 35.5 Å². The molecule has 0 aromatic carbocycles. The molecule has 0 aromatic rings. The highest BCUT2D eigenvalue weighted by atomic mass is 14.7. The van der Waals surface area contributed by atoms with E-state index >= 15 is 0 Å². The van der Waals surface area contributed by atoms with Gasteiger partial charge in [0.25, 0.3) is 0 Å². The van der Waals surface area contributed by atoms with E-state index in [-0.39, 0.29) is 0 Å².